The van der Waals surface area contributed by atoms with Gasteiger partial charge in [0, 0.05) is 18.7 Å². The minimum atomic E-state index is -0.128. The van der Waals surface area contributed by atoms with Gasteiger partial charge in [-0.05, 0) is 30.2 Å². The molecule has 1 atom stereocenters. The quantitative estimate of drug-likeness (QED) is 0.688. The van der Waals surface area contributed by atoms with Crippen LogP contribution in [-0.4, -0.2) is 27.7 Å². The first-order valence-corrected chi connectivity index (χ1v) is 9.29. The number of carbonyl (C=O) groups is 1. The van der Waals surface area contributed by atoms with Crippen molar-refractivity contribution >= 4 is 17.2 Å². The number of carbonyl (C=O) groups excluding carboxylic acids is 1. The smallest absolute Gasteiger partial charge is 0.276 e. The van der Waals surface area contributed by atoms with E-state index in [-0.39, 0.29) is 11.9 Å². The van der Waals surface area contributed by atoms with E-state index in [0.29, 0.717) is 23.9 Å². The normalized spacial score (nSPS) is 17.6. The lowest BCUT2D eigenvalue weighted by Crippen LogP contribution is -2.30. The second kappa shape index (κ2) is 6.48. The van der Waals surface area contributed by atoms with Crippen LogP contribution in [-0.2, 0) is 0 Å². The molecule has 130 valence electrons. The number of amides is 1. The van der Waals surface area contributed by atoms with E-state index in [1.54, 1.807) is 22.3 Å². The fraction of sp³-hybridized carbons (Fsp3) is 0.389. The highest BCUT2D eigenvalue weighted by Crippen LogP contribution is 2.35. The van der Waals surface area contributed by atoms with E-state index in [1.165, 1.54) is 0 Å². The summed E-state index contributed by atoms with van der Waals surface area (Å²) in [6.45, 7) is 4.82. The molecule has 0 aliphatic carbocycles. The zero-order chi connectivity index (χ0) is 17.4. The molecule has 0 saturated carbocycles. The van der Waals surface area contributed by atoms with E-state index in [4.69, 9.17) is 9.05 Å². The number of likely N-dealkylation sites (tertiary alicyclic amines) is 1. The molecule has 4 rings (SSSR count). The third-order valence-electron chi connectivity index (χ3n) is 4.47. The molecule has 25 heavy (non-hydrogen) atoms. The number of aromatic nitrogens is 2. The Labute approximate surface area is 149 Å². The van der Waals surface area contributed by atoms with Crippen LogP contribution in [0.25, 0.3) is 10.6 Å². The number of nitrogens with zero attached hydrogens (tertiary/aromatic N) is 3. The van der Waals surface area contributed by atoms with E-state index in [2.05, 4.69) is 24.2 Å². The summed E-state index contributed by atoms with van der Waals surface area (Å²) < 4.78 is 10.8. The maximum atomic E-state index is 12.9. The molecule has 0 bridgehead atoms. The second-order valence-corrected chi connectivity index (χ2v) is 7.47. The minimum absolute atomic E-state index is 0.0885. The molecule has 1 aliphatic rings. The van der Waals surface area contributed by atoms with Gasteiger partial charge in [0.15, 0.2) is 17.2 Å². The molecule has 0 spiro atoms. The minimum Gasteiger partial charge on any atom is -0.359 e. The topological polar surface area (TPSA) is 72.4 Å². The van der Waals surface area contributed by atoms with Gasteiger partial charge in [-0.3, -0.25) is 4.79 Å². The summed E-state index contributed by atoms with van der Waals surface area (Å²) in [4.78, 5) is 15.7. The van der Waals surface area contributed by atoms with Crippen molar-refractivity contribution in [1.29, 1.82) is 0 Å². The van der Waals surface area contributed by atoms with Gasteiger partial charge in [0.25, 0.3) is 5.91 Å². The van der Waals surface area contributed by atoms with Crippen LogP contribution in [0.5, 0.6) is 0 Å². The fourth-order valence-electron chi connectivity index (χ4n) is 3.10. The summed E-state index contributed by atoms with van der Waals surface area (Å²) in [6, 6.07) is 7.47. The van der Waals surface area contributed by atoms with Gasteiger partial charge in [-0.25, -0.2) is 0 Å². The first-order chi connectivity index (χ1) is 12.1. The molecule has 4 heterocycles. The molecule has 0 aromatic carbocycles. The van der Waals surface area contributed by atoms with E-state index >= 15 is 0 Å². The molecule has 6 nitrogen and oxygen atoms in total. The number of rotatable bonds is 4. The van der Waals surface area contributed by atoms with E-state index < -0.39 is 0 Å². The molecule has 1 amide bonds. The average molecular weight is 357 g/mol. The van der Waals surface area contributed by atoms with Crippen LogP contribution in [0.3, 0.4) is 0 Å². The number of thiophene rings is 1. The zero-order valence-corrected chi connectivity index (χ0v) is 15.0. The van der Waals surface area contributed by atoms with Crippen molar-refractivity contribution in [1.82, 2.24) is 15.2 Å². The van der Waals surface area contributed by atoms with Gasteiger partial charge in [-0.1, -0.05) is 30.2 Å². The summed E-state index contributed by atoms with van der Waals surface area (Å²) in [5.74, 6) is 1.54. The van der Waals surface area contributed by atoms with Gasteiger partial charge < -0.3 is 13.9 Å². The first-order valence-electron chi connectivity index (χ1n) is 8.41. The maximum Gasteiger partial charge on any atom is 0.276 e. The van der Waals surface area contributed by atoms with Crippen LogP contribution in [0.1, 0.15) is 60.6 Å². The van der Waals surface area contributed by atoms with Gasteiger partial charge >= 0.3 is 0 Å². The van der Waals surface area contributed by atoms with Crippen LogP contribution in [0.15, 0.2) is 38.7 Å². The third-order valence-corrected chi connectivity index (χ3v) is 5.36. The molecule has 0 radical (unpaired) electrons. The van der Waals surface area contributed by atoms with E-state index in [0.717, 1.165) is 29.2 Å². The first kappa shape index (κ1) is 16.1. The van der Waals surface area contributed by atoms with Crippen LogP contribution in [0.2, 0.25) is 0 Å². The Balaban J connectivity index is 1.56. The van der Waals surface area contributed by atoms with Crippen molar-refractivity contribution < 1.29 is 13.8 Å². The Hall–Kier alpha value is -2.41. The van der Waals surface area contributed by atoms with Crippen LogP contribution in [0.4, 0.5) is 0 Å². The van der Waals surface area contributed by atoms with Crippen molar-refractivity contribution in [3.8, 4) is 10.6 Å². The maximum absolute atomic E-state index is 12.9. The van der Waals surface area contributed by atoms with Gasteiger partial charge in [0.1, 0.15) is 0 Å². The number of hydrogen-bond acceptors (Lipinski definition) is 6. The van der Waals surface area contributed by atoms with Crippen molar-refractivity contribution in [2.24, 2.45) is 0 Å². The summed E-state index contributed by atoms with van der Waals surface area (Å²) in [6.07, 6.45) is 1.80. The van der Waals surface area contributed by atoms with Gasteiger partial charge in [-0.15, -0.1) is 11.3 Å². The van der Waals surface area contributed by atoms with Gasteiger partial charge in [-0.2, -0.15) is 0 Å². The summed E-state index contributed by atoms with van der Waals surface area (Å²) >= 11 is 1.55. The lowest BCUT2D eigenvalue weighted by Gasteiger charge is -2.21. The SMILES string of the molecule is CC(C)c1cc(C2CCCN2C(=O)c2cc(-c3cccs3)on2)on1. The van der Waals surface area contributed by atoms with Crippen molar-refractivity contribution in [3.05, 3.63) is 46.8 Å². The molecule has 3 aromatic heterocycles. The predicted molar refractivity (Wildman–Crippen MR) is 93.4 cm³/mol. The van der Waals surface area contributed by atoms with Crippen LogP contribution >= 0.6 is 11.3 Å². The Morgan fingerprint density at radius 3 is 2.92 bits per heavy atom. The van der Waals surface area contributed by atoms with Crippen LogP contribution in [0, 0.1) is 0 Å². The molecule has 1 fully saturated rings. The Kier molecular flexibility index (Phi) is 4.17. The Bertz CT molecular complexity index is 866. The summed E-state index contributed by atoms with van der Waals surface area (Å²) in [5, 5.41) is 10.1. The second-order valence-electron chi connectivity index (χ2n) is 6.52. The lowest BCUT2D eigenvalue weighted by atomic mass is 10.1. The molecule has 3 aromatic rings. The van der Waals surface area contributed by atoms with Crippen molar-refractivity contribution in [2.45, 2.75) is 38.6 Å². The molecule has 7 heteroatoms. The van der Waals surface area contributed by atoms with E-state index in [9.17, 15) is 4.79 Å². The fourth-order valence-corrected chi connectivity index (χ4v) is 3.77. The van der Waals surface area contributed by atoms with Crippen molar-refractivity contribution in [2.75, 3.05) is 6.54 Å². The standard InChI is InChI=1S/C18H19N3O3S/c1-11(2)12-9-15(23-19-12)14-5-3-7-21(14)18(22)13-10-16(24-20-13)17-6-4-8-25-17/h4,6,8-11,14H,3,5,7H2,1-2H3. The summed E-state index contributed by atoms with van der Waals surface area (Å²) in [7, 11) is 0. The third kappa shape index (κ3) is 3.00. The number of hydrogen-bond donors (Lipinski definition) is 0. The summed E-state index contributed by atoms with van der Waals surface area (Å²) in [5.41, 5.74) is 1.25. The predicted octanol–water partition coefficient (Wildman–Crippen LogP) is 4.49. The molecular weight excluding hydrogens is 338 g/mol. The largest absolute Gasteiger partial charge is 0.359 e. The molecular formula is C18H19N3O3S. The van der Waals surface area contributed by atoms with E-state index in [1.807, 2.05) is 23.6 Å². The Morgan fingerprint density at radius 2 is 2.20 bits per heavy atom. The van der Waals surface area contributed by atoms with Gasteiger partial charge in [0.2, 0.25) is 0 Å². The van der Waals surface area contributed by atoms with Gasteiger partial charge in [0.05, 0.1) is 16.6 Å². The van der Waals surface area contributed by atoms with Crippen molar-refractivity contribution in [3.63, 3.8) is 0 Å². The highest BCUT2D eigenvalue weighted by molar-refractivity contribution is 7.13. The molecule has 1 saturated heterocycles. The Morgan fingerprint density at radius 1 is 1.32 bits per heavy atom. The zero-order valence-electron chi connectivity index (χ0n) is 14.1. The van der Waals surface area contributed by atoms with Crippen LogP contribution < -0.4 is 0 Å². The highest BCUT2D eigenvalue weighted by atomic mass is 32.1. The average Bonchev–Trinajstić information content (AvgIpc) is 3.41. The monoisotopic (exact) mass is 357 g/mol. The molecule has 1 unspecified atom stereocenters. The molecule has 0 N–H and O–H groups in total. The highest BCUT2D eigenvalue weighted by Gasteiger charge is 2.35. The molecule has 1 aliphatic heterocycles. The lowest BCUT2D eigenvalue weighted by molar-refractivity contribution is 0.0704.